The number of hydrogen-bond donors (Lipinski definition) is 0. The molecule has 0 saturated carbocycles. The molecule has 0 bridgehead atoms. The van der Waals surface area contributed by atoms with Crippen molar-refractivity contribution in [1.82, 2.24) is 24.9 Å². The van der Waals surface area contributed by atoms with E-state index in [4.69, 9.17) is 20.2 Å². The quantitative estimate of drug-likeness (QED) is 0.192. The minimum Gasteiger partial charge on any atom is -0.264 e. The maximum absolute atomic E-state index is 9.12. The molecule has 0 N–H and O–H groups in total. The van der Waals surface area contributed by atoms with Crippen molar-refractivity contribution in [3.63, 3.8) is 0 Å². The molecule has 0 aliphatic heterocycles. The van der Waals surface area contributed by atoms with E-state index in [2.05, 4.69) is 56.2 Å². The molecule has 4 aromatic carbocycles. The number of benzene rings is 4. The first kappa shape index (κ1) is 26.3. The van der Waals surface area contributed by atoms with Gasteiger partial charge in [0, 0.05) is 45.1 Å². The molecule has 43 heavy (non-hydrogen) atoms. The van der Waals surface area contributed by atoms with Gasteiger partial charge in [0.15, 0.2) is 17.5 Å². The fourth-order valence-corrected chi connectivity index (χ4v) is 5.53. The lowest BCUT2D eigenvalue weighted by atomic mass is 9.98. The van der Waals surface area contributed by atoms with Crippen LogP contribution in [0.3, 0.4) is 0 Å². The van der Waals surface area contributed by atoms with Crippen molar-refractivity contribution in [2.75, 3.05) is 0 Å². The number of aromatic nitrogens is 5. The van der Waals surface area contributed by atoms with Crippen molar-refractivity contribution in [2.24, 2.45) is 0 Å². The maximum Gasteiger partial charge on any atom is 0.165 e. The van der Waals surface area contributed by atoms with Crippen LogP contribution in [0.4, 0.5) is 0 Å². The van der Waals surface area contributed by atoms with Gasteiger partial charge in [-0.05, 0) is 76.9 Å². The number of fused-ring (bicyclic) bond motifs is 1. The highest BCUT2D eigenvalue weighted by Gasteiger charge is 2.15. The van der Waals surface area contributed by atoms with Gasteiger partial charge in [-0.15, -0.1) is 0 Å². The summed E-state index contributed by atoms with van der Waals surface area (Å²) >= 11 is 3.72. The Bertz CT molecular complexity index is 2130. The van der Waals surface area contributed by atoms with Crippen LogP contribution < -0.4 is 0 Å². The number of nitriles is 1. The Morgan fingerprint density at radius 2 is 1.21 bits per heavy atom. The molecule has 3 aromatic heterocycles. The SMILES string of the molecule is N#Cc1ccc(-c2ccc(-c3nc(-c4cccnc4)nc(-c4cc(Br)cc(-c5cccc6ncccc56)c4)n3)cc2)cc1. The fraction of sp³-hybridized carbons (Fsp3) is 0. The lowest BCUT2D eigenvalue weighted by Gasteiger charge is -2.12. The summed E-state index contributed by atoms with van der Waals surface area (Å²) in [5, 5.41) is 10.2. The lowest BCUT2D eigenvalue weighted by Crippen LogP contribution is -2.00. The van der Waals surface area contributed by atoms with Crippen LogP contribution in [0.15, 0.2) is 132 Å². The predicted octanol–water partition coefficient (Wildman–Crippen LogP) is 8.78. The van der Waals surface area contributed by atoms with E-state index in [1.54, 1.807) is 12.4 Å². The standard InChI is InChI=1S/C36H21BrN6/c37-30-19-28(31-5-1-7-33-32(31)6-3-17-40-33)18-29(20-30)36-42-34(41-35(43-36)27-4-2-16-39-22-27)26-14-12-25(13-15-26)24-10-8-23(21-38)9-11-24/h1-20,22H. The molecule has 0 radical (unpaired) electrons. The van der Waals surface area contributed by atoms with Crippen molar-refractivity contribution in [1.29, 1.82) is 5.26 Å². The molecule has 0 aliphatic rings. The summed E-state index contributed by atoms with van der Waals surface area (Å²) in [6, 6.07) is 38.0. The number of rotatable bonds is 5. The van der Waals surface area contributed by atoms with E-state index in [0.717, 1.165) is 54.3 Å². The van der Waals surface area contributed by atoms with Crippen LogP contribution in [0, 0.1) is 11.3 Å². The highest BCUT2D eigenvalue weighted by molar-refractivity contribution is 9.10. The Hall–Kier alpha value is -5.58. The molecule has 202 valence electrons. The molecule has 0 saturated heterocycles. The largest absolute Gasteiger partial charge is 0.264 e. The first-order valence-corrected chi connectivity index (χ1v) is 14.4. The Labute approximate surface area is 256 Å². The second-order valence-electron chi connectivity index (χ2n) is 9.92. The van der Waals surface area contributed by atoms with Crippen molar-refractivity contribution >= 4 is 26.8 Å². The van der Waals surface area contributed by atoms with E-state index in [1.165, 1.54) is 0 Å². The van der Waals surface area contributed by atoms with Gasteiger partial charge in [0.1, 0.15) is 0 Å². The van der Waals surface area contributed by atoms with E-state index in [9.17, 15) is 0 Å². The summed E-state index contributed by atoms with van der Waals surface area (Å²) in [6.45, 7) is 0. The summed E-state index contributed by atoms with van der Waals surface area (Å²) < 4.78 is 0.914. The zero-order valence-electron chi connectivity index (χ0n) is 22.7. The van der Waals surface area contributed by atoms with E-state index >= 15 is 0 Å². The van der Waals surface area contributed by atoms with Crippen molar-refractivity contribution in [3.05, 3.63) is 138 Å². The van der Waals surface area contributed by atoms with Gasteiger partial charge in [0.05, 0.1) is 17.1 Å². The number of hydrogen-bond acceptors (Lipinski definition) is 6. The third-order valence-electron chi connectivity index (χ3n) is 7.16. The smallest absolute Gasteiger partial charge is 0.165 e. The van der Waals surface area contributed by atoms with Gasteiger partial charge in [0.25, 0.3) is 0 Å². The van der Waals surface area contributed by atoms with Crippen molar-refractivity contribution < 1.29 is 0 Å². The van der Waals surface area contributed by atoms with E-state index in [-0.39, 0.29) is 0 Å². The van der Waals surface area contributed by atoms with Crippen LogP contribution in [-0.4, -0.2) is 24.9 Å². The van der Waals surface area contributed by atoms with Gasteiger partial charge in [-0.25, -0.2) is 15.0 Å². The Balaban J connectivity index is 1.34. The average Bonchev–Trinajstić information content (AvgIpc) is 3.08. The molecule has 7 heteroatoms. The minimum absolute atomic E-state index is 0.542. The Morgan fingerprint density at radius 3 is 1.93 bits per heavy atom. The van der Waals surface area contributed by atoms with Gasteiger partial charge in [-0.2, -0.15) is 5.26 Å². The first-order chi connectivity index (χ1) is 21.1. The second-order valence-corrected chi connectivity index (χ2v) is 10.8. The van der Waals surface area contributed by atoms with E-state index in [1.807, 2.05) is 91.1 Å². The van der Waals surface area contributed by atoms with Crippen LogP contribution >= 0.6 is 15.9 Å². The maximum atomic E-state index is 9.12. The van der Waals surface area contributed by atoms with Gasteiger partial charge in [-0.3, -0.25) is 9.97 Å². The molecule has 3 heterocycles. The summed E-state index contributed by atoms with van der Waals surface area (Å²) in [5.74, 6) is 1.66. The molecule has 0 atom stereocenters. The molecule has 0 amide bonds. The number of halogens is 1. The zero-order valence-corrected chi connectivity index (χ0v) is 24.3. The Morgan fingerprint density at radius 1 is 0.558 bits per heavy atom. The third kappa shape index (κ3) is 5.40. The molecule has 0 aliphatic carbocycles. The molecular formula is C36H21BrN6. The minimum atomic E-state index is 0.542. The van der Waals surface area contributed by atoms with Gasteiger partial charge in [-0.1, -0.05) is 70.5 Å². The number of pyridine rings is 2. The van der Waals surface area contributed by atoms with Gasteiger partial charge >= 0.3 is 0 Å². The van der Waals surface area contributed by atoms with Gasteiger partial charge < -0.3 is 0 Å². The summed E-state index contributed by atoms with van der Waals surface area (Å²) in [5.41, 5.74) is 8.26. The molecule has 0 fully saturated rings. The van der Waals surface area contributed by atoms with Crippen LogP contribution in [0.25, 0.3) is 67.3 Å². The number of nitrogens with zero attached hydrogens (tertiary/aromatic N) is 6. The summed E-state index contributed by atoms with van der Waals surface area (Å²) in [7, 11) is 0. The van der Waals surface area contributed by atoms with Crippen LogP contribution in [0.1, 0.15) is 5.56 Å². The van der Waals surface area contributed by atoms with E-state index < -0.39 is 0 Å². The monoisotopic (exact) mass is 616 g/mol. The third-order valence-corrected chi connectivity index (χ3v) is 7.62. The van der Waals surface area contributed by atoms with Crippen LogP contribution in [0.2, 0.25) is 0 Å². The van der Waals surface area contributed by atoms with Crippen molar-refractivity contribution in [3.8, 4) is 62.5 Å². The lowest BCUT2D eigenvalue weighted by molar-refractivity contribution is 1.07. The second kappa shape index (κ2) is 11.4. The molecule has 0 unspecified atom stereocenters. The predicted molar refractivity (Wildman–Crippen MR) is 173 cm³/mol. The molecule has 7 aromatic rings. The van der Waals surface area contributed by atoms with Gasteiger partial charge in [0.2, 0.25) is 0 Å². The molecular weight excluding hydrogens is 596 g/mol. The molecule has 6 nitrogen and oxygen atoms in total. The summed E-state index contributed by atoms with van der Waals surface area (Å²) in [4.78, 5) is 23.5. The highest BCUT2D eigenvalue weighted by atomic mass is 79.9. The highest BCUT2D eigenvalue weighted by Crippen LogP contribution is 2.34. The first-order valence-electron chi connectivity index (χ1n) is 13.6. The van der Waals surface area contributed by atoms with Crippen molar-refractivity contribution in [2.45, 2.75) is 0 Å². The van der Waals surface area contributed by atoms with Crippen LogP contribution in [-0.2, 0) is 0 Å². The summed E-state index contributed by atoms with van der Waals surface area (Å²) in [6.07, 6.45) is 5.29. The zero-order chi connectivity index (χ0) is 29.2. The molecule has 7 rings (SSSR count). The topological polar surface area (TPSA) is 88.2 Å². The van der Waals surface area contributed by atoms with E-state index in [0.29, 0.717) is 23.0 Å². The normalized spacial score (nSPS) is 10.9. The molecule has 0 spiro atoms. The van der Waals surface area contributed by atoms with Crippen LogP contribution in [0.5, 0.6) is 0 Å². The average molecular weight is 618 g/mol. The fourth-order valence-electron chi connectivity index (χ4n) is 5.04. The Kier molecular flexibility index (Phi) is 6.96.